The molecule has 1 aromatic carbocycles. The minimum Gasteiger partial charge on any atom is -0.392 e. The minimum absolute atomic E-state index is 0.253. The topological polar surface area (TPSA) is 36.4 Å². The Morgan fingerprint density at radius 3 is 2.63 bits per heavy atom. The van der Waals surface area contributed by atoms with Gasteiger partial charge in [-0.1, -0.05) is 18.2 Å². The van der Waals surface area contributed by atoms with E-state index in [2.05, 4.69) is 4.98 Å². The van der Waals surface area contributed by atoms with Crippen LogP contribution < -0.4 is 4.90 Å². The molecule has 0 aliphatic heterocycles. The molecule has 0 saturated heterocycles. The number of aryl methyl sites for hydroxylation is 1. The van der Waals surface area contributed by atoms with E-state index < -0.39 is 5.82 Å². The molecule has 100 valence electrons. The summed E-state index contributed by atoms with van der Waals surface area (Å²) in [4.78, 5) is 5.92. The van der Waals surface area contributed by atoms with E-state index in [1.54, 1.807) is 0 Å². The molecular weight excluding hydrogens is 243 g/mol. The molecule has 2 rings (SSSR count). The fraction of sp³-hybridized carbons (Fsp3) is 0.267. The highest BCUT2D eigenvalue weighted by atomic mass is 19.1. The molecule has 0 amide bonds. The zero-order valence-electron chi connectivity index (χ0n) is 11.1. The molecule has 3 nitrogen and oxygen atoms in total. The van der Waals surface area contributed by atoms with Crippen molar-refractivity contribution < 1.29 is 9.50 Å². The molecule has 0 radical (unpaired) electrons. The van der Waals surface area contributed by atoms with Crippen LogP contribution in [0, 0.1) is 12.7 Å². The standard InChI is InChI=1S/C15H17FN2O/c1-3-18(13-7-5-4-6-11(13)2)15-14(16)12(10-19)8-9-17-15/h4-9,19H,3,10H2,1-2H3. The van der Waals surface area contributed by atoms with Crippen LogP contribution >= 0.6 is 0 Å². The molecular formula is C15H17FN2O. The largest absolute Gasteiger partial charge is 0.392 e. The molecule has 0 saturated carbocycles. The highest BCUT2D eigenvalue weighted by Crippen LogP contribution is 2.29. The Morgan fingerprint density at radius 2 is 2.00 bits per heavy atom. The predicted octanol–water partition coefficient (Wildman–Crippen LogP) is 3.18. The highest BCUT2D eigenvalue weighted by molar-refractivity contribution is 5.64. The van der Waals surface area contributed by atoms with E-state index in [0.29, 0.717) is 6.54 Å². The summed E-state index contributed by atoms with van der Waals surface area (Å²) in [6, 6.07) is 9.27. The molecule has 0 spiro atoms. The average Bonchev–Trinajstić information content (AvgIpc) is 2.43. The number of aromatic nitrogens is 1. The van der Waals surface area contributed by atoms with Crippen LogP contribution in [0.5, 0.6) is 0 Å². The lowest BCUT2D eigenvalue weighted by molar-refractivity contribution is 0.275. The Hall–Kier alpha value is -1.94. The SMILES string of the molecule is CCN(c1ccccc1C)c1nccc(CO)c1F. The van der Waals surface area contributed by atoms with Gasteiger partial charge >= 0.3 is 0 Å². The van der Waals surface area contributed by atoms with Crippen molar-refractivity contribution in [3.05, 3.63) is 53.5 Å². The molecule has 19 heavy (non-hydrogen) atoms. The van der Waals surface area contributed by atoms with Crippen LogP contribution in [-0.2, 0) is 6.61 Å². The van der Waals surface area contributed by atoms with Crippen molar-refractivity contribution in [3.8, 4) is 0 Å². The molecule has 4 heteroatoms. The monoisotopic (exact) mass is 260 g/mol. The van der Waals surface area contributed by atoms with Crippen molar-refractivity contribution in [1.29, 1.82) is 0 Å². The van der Waals surface area contributed by atoms with Crippen LogP contribution in [0.3, 0.4) is 0 Å². The molecule has 1 N–H and O–H groups in total. The fourth-order valence-electron chi connectivity index (χ4n) is 2.08. The van der Waals surface area contributed by atoms with Gasteiger partial charge in [0.15, 0.2) is 11.6 Å². The normalized spacial score (nSPS) is 10.5. The van der Waals surface area contributed by atoms with E-state index in [1.165, 1.54) is 12.3 Å². The first kappa shape index (κ1) is 13.5. The third-order valence-corrected chi connectivity index (χ3v) is 3.10. The number of para-hydroxylation sites is 1. The van der Waals surface area contributed by atoms with Crippen LogP contribution in [-0.4, -0.2) is 16.6 Å². The molecule has 0 bridgehead atoms. The number of aliphatic hydroxyl groups is 1. The maximum atomic E-state index is 14.3. The molecule has 0 atom stereocenters. The zero-order chi connectivity index (χ0) is 13.8. The highest BCUT2D eigenvalue weighted by Gasteiger charge is 2.17. The molecule has 0 unspecified atom stereocenters. The third-order valence-electron chi connectivity index (χ3n) is 3.10. The second-order valence-corrected chi connectivity index (χ2v) is 4.30. The molecule has 1 heterocycles. The summed E-state index contributed by atoms with van der Waals surface area (Å²) in [6.45, 7) is 4.20. The van der Waals surface area contributed by atoms with Gasteiger partial charge < -0.3 is 10.0 Å². The van der Waals surface area contributed by atoms with Crippen molar-refractivity contribution in [1.82, 2.24) is 4.98 Å². The molecule has 0 aliphatic carbocycles. The van der Waals surface area contributed by atoms with Crippen LogP contribution in [0.4, 0.5) is 15.9 Å². The Bertz CT molecular complexity index is 572. The van der Waals surface area contributed by atoms with Gasteiger partial charge in [0.1, 0.15) is 0 Å². The molecule has 0 fully saturated rings. The van der Waals surface area contributed by atoms with Gasteiger partial charge in [-0.05, 0) is 31.5 Å². The number of halogens is 1. The first-order valence-corrected chi connectivity index (χ1v) is 6.26. The fourth-order valence-corrected chi connectivity index (χ4v) is 2.08. The van der Waals surface area contributed by atoms with Crippen LogP contribution in [0.1, 0.15) is 18.1 Å². The van der Waals surface area contributed by atoms with E-state index in [9.17, 15) is 4.39 Å². The average molecular weight is 260 g/mol. The van der Waals surface area contributed by atoms with Crippen molar-refractivity contribution in [3.63, 3.8) is 0 Å². The minimum atomic E-state index is -0.463. The Kier molecular flexibility index (Phi) is 4.12. The van der Waals surface area contributed by atoms with Crippen molar-refractivity contribution in [2.75, 3.05) is 11.4 Å². The summed E-state index contributed by atoms with van der Waals surface area (Å²) in [5.74, 6) is -0.210. The quantitative estimate of drug-likeness (QED) is 0.917. The number of rotatable bonds is 4. The lowest BCUT2D eigenvalue weighted by atomic mass is 10.1. The lowest BCUT2D eigenvalue weighted by Gasteiger charge is -2.24. The molecule has 2 aromatic rings. The summed E-state index contributed by atoms with van der Waals surface area (Å²) in [5.41, 5.74) is 2.24. The summed E-state index contributed by atoms with van der Waals surface area (Å²) < 4.78 is 14.3. The van der Waals surface area contributed by atoms with Gasteiger partial charge in [-0.2, -0.15) is 0 Å². The van der Waals surface area contributed by atoms with E-state index in [1.807, 2.05) is 43.0 Å². The van der Waals surface area contributed by atoms with Crippen LogP contribution in [0.15, 0.2) is 36.5 Å². The van der Waals surface area contributed by atoms with E-state index >= 15 is 0 Å². The zero-order valence-corrected chi connectivity index (χ0v) is 11.1. The van der Waals surface area contributed by atoms with Gasteiger partial charge in [0.2, 0.25) is 0 Å². The van der Waals surface area contributed by atoms with E-state index in [4.69, 9.17) is 5.11 Å². The first-order chi connectivity index (χ1) is 9.19. The number of nitrogens with zero attached hydrogens (tertiary/aromatic N) is 2. The molecule has 1 aromatic heterocycles. The Balaban J connectivity index is 2.52. The summed E-state index contributed by atoms with van der Waals surface area (Å²) in [7, 11) is 0. The second kappa shape index (κ2) is 5.80. The number of pyridine rings is 1. The van der Waals surface area contributed by atoms with Crippen LogP contribution in [0.2, 0.25) is 0 Å². The number of hydrogen-bond acceptors (Lipinski definition) is 3. The van der Waals surface area contributed by atoms with Crippen molar-refractivity contribution in [2.24, 2.45) is 0 Å². The lowest BCUT2D eigenvalue weighted by Crippen LogP contribution is -2.20. The first-order valence-electron chi connectivity index (χ1n) is 6.26. The van der Waals surface area contributed by atoms with Gasteiger partial charge in [0.25, 0.3) is 0 Å². The number of benzene rings is 1. The van der Waals surface area contributed by atoms with Crippen LogP contribution in [0.25, 0.3) is 0 Å². The van der Waals surface area contributed by atoms with Gasteiger partial charge in [-0.3, -0.25) is 0 Å². The van der Waals surface area contributed by atoms with E-state index in [-0.39, 0.29) is 18.0 Å². The van der Waals surface area contributed by atoms with Gasteiger partial charge in [-0.15, -0.1) is 0 Å². The van der Waals surface area contributed by atoms with E-state index in [0.717, 1.165) is 11.3 Å². The summed E-state index contributed by atoms with van der Waals surface area (Å²) >= 11 is 0. The second-order valence-electron chi connectivity index (χ2n) is 4.30. The van der Waals surface area contributed by atoms with Gasteiger partial charge in [0.05, 0.1) is 6.61 Å². The Labute approximate surface area is 112 Å². The van der Waals surface area contributed by atoms with Crippen molar-refractivity contribution in [2.45, 2.75) is 20.5 Å². The number of hydrogen-bond donors (Lipinski definition) is 1. The van der Waals surface area contributed by atoms with Crippen molar-refractivity contribution >= 4 is 11.5 Å². The maximum Gasteiger partial charge on any atom is 0.171 e. The number of aliphatic hydroxyl groups excluding tert-OH is 1. The Morgan fingerprint density at radius 1 is 1.26 bits per heavy atom. The third kappa shape index (κ3) is 2.58. The maximum absolute atomic E-state index is 14.3. The predicted molar refractivity (Wildman–Crippen MR) is 74.0 cm³/mol. The summed E-state index contributed by atoms with van der Waals surface area (Å²) in [5, 5.41) is 9.14. The number of anilines is 2. The smallest absolute Gasteiger partial charge is 0.171 e. The van der Waals surface area contributed by atoms with Gasteiger partial charge in [0, 0.05) is 24.0 Å². The molecule has 0 aliphatic rings. The van der Waals surface area contributed by atoms with Gasteiger partial charge in [-0.25, -0.2) is 9.37 Å². The summed E-state index contributed by atoms with van der Waals surface area (Å²) in [6.07, 6.45) is 1.52.